The first kappa shape index (κ1) is 22.0. The van der Waals surface area contributed by atoms with Crippen LogP contribution < -0.4 is 10.2 Å². The van der Waals surface area contributed by atoms with Crippen molar-refractivity contribution in [1.82, 2.24) is 20.1 Å². The van der Waals surface area contributed by atoms with E-state index in [9.17, 15) is 4.79 Å². The second-order valence-electron chi connectivity index (χ2n) is 8.55. The van der Waals surface area contributed by atoms with Crippen molar-refractivity contribution in [2.75, 3.05) is 37.0 Å². The molecule has 0 spiro atoms. The highest BCUT2D eigenvalue weighted by molar-refractivity contribution is 7.99. The highest BCUT2D eigenvalue weighted by Crippen LogP contribution is 2.30. The predicted molar refractivity (Wildman–Crippen MR) is 130 cm³/mol. The van der Waals surface area contributed by atoms with Crippen LogP contribution in [0.15, 0.2) is 53.7 Å². The van der Waals surface area contributed by atoms with Gasteiger partial charge in [-0.1, -0.05) is 53.7 Å². The standard InChI is InChI=1S/C25H29N5O2S/c1-18-9-11-20(12-10-18)30-24(29-13-15-32-16-14-29)27-28-25(30)33-17-23(31)26-22-8-4-6-19-5-2-3-7-21(19)22/h2-3,5,7,9-12,22H,4,6,8,13-17H2,1H3,(H,26,31). The molecule has 0 saturated carbocycles. The lowest BCUT2D eigenvalue weighted by molar-refractivity contribution is -0.119. The average molecular weight is 464 g/mol. The number of fused-ring (bicyclic) bond motifs is 1. The monoisotopic (exact) mass is 463 g/mol. The zero-order valence-corrected chi connectivity index (χ0v) is 19.7. The molecule has 7 nitrogen and oxygen atoms in total. The fraction of sp³-hybridized carbons (Fsp3) is 0.400. The lowest BCUT2D eigenvalue weighted by Crippen LogP contribution is -2.37. The third-order valence-corrected chi connectivity index (χ3v) is 7.17. The highest BCUT2D eigenvalue weighted by Gasteiger charge is 2.24. The minimum atomic E-state index is 0.0214. The third kappa shape index (κ3) is 4.91. The number of carbonyl (C=O) groups is 1. The summed E-state index contributed by atoms with van der Waals surface area (Å²) in [5.74, 6) is 1.12. The molecule has 1 saturated heterocycles. The number of morpholine rings is 1. The summed E-state index contributed by atoms with van der Waals surface area (Å²) in [6, 6.07) is 16.8. The quantitative estimate of drug-likeness (QED) is 0.562. The van der Waals surface area contributed by atoms with E-state index < -0.39 is 0 Å². The van der Waals surface area contributed by atoms with Gasteiger partial charge in [-0.05, 0) is 49.4 Å². The van der Waals surface area contributed by atoms with Crippen molar-refractivity contribution in [3.05, 3.63) is 65.2 Å². The Kier molecular flexibility index (Phi) is 6.64. The zero-order valence-electron chi connectivity index (χ0n) is 18.9. The number of benzene rings is 2. The van der Waals surface area contributed by atoms with E-state index in [4.69, 9.17) is 4.74 Å². The topological polar surface area (TPSA) is 72.3 Å². The molecule has 172 valence electrons. The number of aromatic nitrogens is 3. The van der Waals surface area contributed by atoms with Gasteiger partial charge in [0, 0.05) is 13.1 Å². The van der Waals surface area contributed by atoms with Crippen molar-refractivity contribution >= 4 is 23.6 Å². The number of nitrogens with one attached hydrogen (secondary N) is 1. The van der Waals surface area contributed by atoms with Crippen LogP contribution in [0.5, 0.6) is 0 Å². The van der Waals surface area contributed by atoms with E-state index in [-0.39, 0.29) is 11.9 Å². The van der Waals surface area contributed by atoms with E-state index in [0.717, 1.165) is 49.1 Å². The maximum absolute atomic E-state index is 12.9. The number of anilines is 1. The lowest BCUT2D eigenvalue weighted by atomic mass is 9.88. The minimum Gasteiger partial charge on any atom is -0.378 e. The molecule has 2 aliphatic rings. The molecule has 1 fully saturated rings. The molecule has 1 unspecified atom stereocenters. The molecule has 2 heterocycles. The van der Waals surface area contributed by atoms with Crippen LogP contribution in [0.1, 0.15) is 35.6 Å². The molecule has 5 rings (SSSR count). The average Bonchev–Trinajstić information content (AvgIpc) is 3.28. The first-order chi connectivity index (χ1) is 16.2. The van der Waals surface area contributed by atoms with Crippen molar-refractivity contribution in [3.63, 3.8) is 0 Å². The lowest BCUT2D eigenvalue weighted by Gasteiger charge is -2.28. The number of thioether (sulfide) groups is 1. The minimum absolute atomic E-state index is 0.0214. The molecule has 1 N–H and O–H groups in total. The summed E-state index contributed by atoms with van der Waals surface area (Å²) in [5.41, 5.74) is 4.78. The molecular formula is C25H29N5O2S. The molecule has 1 atom stereocenters. The van der Waals surface area contributed by atoms with Crippen molar-refractivity contribution in [2.24, 2.45) is 0 Å². The van der Waals surface area contributed by atoms with Crippen molar-refractivity contribution in [1.29, 1.82) is 0 Å². The van der Waals surface area contributed by atoms with Crippen LogP contribution in [0.3, 0.4) is 0 Å². The van der Waals surface area contributed by atoms with Crippen LogP contribution in [0.2, 0.25) is 0 Å². The molecular weight excluding hydrogens is 434 g/mol. The van der Waals surface area contributed by atoms with Crippen molar-refractivity contribution in [2.45, 2.75) is 37.4 Å². The van der Waals surface area contributed by atoms with Crippen molar-refractivity contribution < 1.29 is 9.53 Å². The van der Waals surface area contributed by atoms with Gasteiger partial charge in [-0.25, -0.2) is 0 Å². The predicted octanol–water partition coefficient (Wildman–Crippen LogP) is 3.70. The summed E-state index contributed by atoms with van der Waals surface area (Å²) >= 11 is 1.43. The number of carbonyl (C=O) groups excluding carboxylic acids is 1. The largest absolute Gasteiger partial charge is 0.378 e. The Morgan fingerprint density at radius 2 is 1.91 bits per heavy atom. The van der Waals surface area contributed by atoms with E-state index >= 15 is 0 Å². The number of hydrogen-bond acceptors (Lipinski definition) is 6. The summed E-state index contributed by atoms with van der Waals surface area (Å²) in [7, 11) is 0. The summed E-state index contributed by atoms with van der Waals surface area (Å²) < 4.78 is 7.56. The molecule has 33 heavy (non-hydrogen) atoms. The zero-order chi connectivity index (χ0) is 22.6. The summed E-state index contributed by atoms with van der Waals surface area (Å²) in [4.78, 5) is 15.1. The SMILES string of the molecule is Cc1ccc(-n2c(SCC(=O)NC3CCCc4ccccc43)nnc2N2CCOCC2)cc1. The number of hydrogen-bond donors (Lipinski definition) is 1. The number of nitrogens with zero attached hydrogens (tertiary/aromatic N) is 4. The molecule has 1 aromatic heterocycles. The van der Waals surface area contributed by atoms with E-state index in [1.54, 1.807) is 0 Å². The Morgan fingerprint density at radius 1 is 1.12 bits per heavy atom. The van der Waals surface area contributed by atoms with E-state index in [1.165, 1.54) is 28.5 Å². The molecule has 0 bridgehead atoms. The van der Waals surface area contributed by atoms with Crippen LogP contribution in [-0.2, 0) is 16.0 Å². The first-order valence-electron chi connectivity index (χ1n) is 11.5. The second kappa shape index (κ2) is 9.97. The number of ether oxygens (including phenoxy) is 1. The molecule has 1 aliphatic carbocycles. The Balaban J connectivity index is 1.32. The Morgan fingerprint density at radius 3 is 2.73 bits per heavy atom. The van der Waals surface area contributed by atoms with Crippen LogP contribution in [0.4, 0.5) is 5.95 Å². The van der Waals surface area contributed by atoms with Gasteiger partial charge in [0.25, 0.3) is 0 Å². The molecule has 2 aromatic carbocycles. The van der Waals surface area contributed by atoms with Crippen molar-refractivity contribution in [3.8, 4) is 5.69 Å². The molecule has 1 aliphatic heterocycles. The number of rotatable bonds is 6. The Labute approximate surface area is 198 Å². The van der Waals surface area contributed by atoms with Gasteiger partial charge < -0.3 is 15.0 Å². The maximum atomic E-state index is 12.9. The summed E-state index contributed by atoms with van der Waals surface area (Å²) in [5, 5.41) is 12.9. The highest BCUT2D eigenvalue weighted by atomic mass is 32.2. The summed E-state index contributed by atoms with van der Waals surface area (Å²) in [6.45, 7) is 4.97. The van der Waals surface area contributed by atoms with Gasteiger partial charge in [-0.2, -0.15) is 0 Å². The number of aryl methyl sites for hydroxylation is 2. The van der Waals surface area contributed by atoms with E-state index in [1.807, 2.05) is 0 Å². The second-order valence-corrected chi connectivity index (χ2v) is 9.50. The van der Waals surface area contributed by atoms with Gasteiger partial charge in [0.15, 0.2) is 5.16 Å². The van der Waals surface area contributed by atoms with Crippen LogP contribution in [0, 0.1) is 6.92 Å². The number of amides is 1. The molecule has 8 heteroatoms. The Hall–Kier alpha value is -2.84. The van der Waals surface area contributed by atoms with Gasteiger partial charge in [0.1, 0.15) is 0 Å². The fourth-order valence-corrected chi connectivity index (χ4v) is 5.27. The summed E-state index contributed by atoms with van der Waals surface area (Å²) in [6.07, 6.45) is 3.16. The fourth-order valence-electron chi connectivity index (χ4n) is 4.51. The van der Waals surface area contributed by atoms with Crippen LogP contribution in [-0.4, -0.2) is 52.7 Å². The van der Waals surface area contributed by atoms with E-state index in [2.05, 4.69) is 80.4 Å². The maximum Gasteiger partial charge on any atom is 0.232 e. The normalized spacial score (nSPS) is 18.1. The van der Waals surface area contributed by atoms with Gasteiger partial charge in [0.05, 0.1) is 30.7 Å². The third-order valence-electron chi connectivity index (χ3n) is 6.24. The molecule has 3 aromatic rings. The van der Waals surface area contributed by atoms with Gasteiger partial charge in [0.2, 0.25) is 11.9 Å². The Bertz CT molecular complexity index is 1110. The molecule has 1 amide bonds. The smallest absolute Gasteiger partial charge is 0.232 e. The first-order valence-corrected chi connectivity index (χ1v) is 12.5. The van der Waals surface area contributed by atoms with Crippen LogP contribution in [0.25, 0.3) is 5.69 Å². The van der Waals surface area contributed by atoms with Gasteiger partial charge in [-0.3, -0.25) is 9.36 Å². The van der Waals surface area contributed by atoms with Gasteiger partial charge >= 0.3 is 0 Å². The van der Waals surface area contributed by atoms with E-state index in [0.29, 0.717) is 19.0 Å². The van der Waals surface area contributed by atoms with Gasteiger partial charge in [-0.15, -0.1) is 10.2 Å². The van der Waals surface area contributed by atoms with Crippen LogP contribution >= 0.6 is 11.8 Å². The molecule has 0 radical (unpaired) electrons.